The smallest absolute Gasteiger partial charge is 0.315 e. The van der Waals surface area contributed by atoms with Crippen molar-refractivity contribution in [3.05, 3.63) is 0 Å². The summed E-state index contributed by atoms with van der Waals surface area (Å²) in [6.07, 6.45) is 8.26. The van der Waals surface area contributed by atoms with Crippen molar-refractivity contribution in [1.29, 1.82) is 0 Å². The van der Waals surface area contributed by atoms with Crippen LogP contribution in [0.4, 0.5) is 4.79 Å². The maximum Gasteiger partial charge on any atom is 0.315 e. The zero-order valence-corrected chi connectivity index (χ0v) is 19.9. The topological polar surface area (TPSA) is 114 Å². The monoisotopic (exact) mass is 479 g/mol. The number of fused-ring (bicyclic) bond motifs is 1. The summed E-state index contributed by atoms with van der Waals surface area (Å²) in [5.74, 6) is 1.18. The Morgan fingerprint density at radius 3 is 2.60 bits per heavy atom. The first-order chi connectivity index (χ1) is 14.2. The van der Waals surface area contributed by atoms with Gasteiger partial charge >= 0.3 is 6.03 Å². The summed E-state index contributed by atoms with van der Waals surface area (Å²) in [4.78, 5) is 35.1. The van der Waals surface area contributed by atoms with Gasteiger partial charge in [0.25, 0.3) is 0 Å². The van der Waals surface area contributed by atoms with Crippen LogP contribution in [0.2, 0.25) is 0 Å². The highest BCUT2D eigenvalue weighted by Gasteiger charge is 2.42. The molecule has 0 aromatic carbocycles. The Bertz CT molecular complexity index is 702. The SMILES string of the molecule is CS(=O)(=S)OCCNC(=O)CCCCCC(=O)CCCC[C@@H]1SC[C@@H]2NC(=O)N[C@@H]21. The van der Waals surface area contributed by atoms with Crippen molar-refractivity contribution in [3.8, 4) is 0 Å². The molecule has 0 bridgehead atoms. The quantitative estimate of drug-likeness (QED) is 0.242. The predicted molar refractivity (Wildman–Crippen MR) is 122 cm³/mol. The Hall–Kier alpha value is -0.910. The maximum absolute atomic E-state index is 12.0. The molecule has 3 N–H and O–H groups in total. The summed E-state index contributed by atoms with van der Waals surface area (Å²) >= 11 is 6.52. The standard InChI is InChI=1S/C19H33N3O5S3/c1-30(26,28)27-12-11-20-17(24)10-4-2-3-7-14(23)8-5-6-9-16-18-15(13-29-16)21-19(25)22-18/h15-16,18H,2-13H2,1H3,(H,20,24)(H2,21,22,25)/t15-,16-,18-,30?/m0/s1. The van der Waals surface area contributed by atoms with Crippen LogP contribution < -0.4 is 16.0 Å². The van der Waals surface area contributed by atoms with Crippen LogP contribution in [-0.4, -0.2) is 64.4 Å². The summed E-state index contributed by atoms with van der Waals surface area (Å²) in [6, 6.07) is 0.431. The van der Waals surface area contributed by atoms with Crippen molar-refractivity contribution in [2.45, 2.75) is 75.1 Å². The van der Waals surface area contributed by atoms with Gasteiger partial charge in [0.15, 0.2) is 0 Å². The normalized spacial score (nSPS) is 24.6. The molecule has 0 radical (unpaired) electrons. The van der Waals surface area contributed by atoms with Crippen LogP contribution in [0.15, 0.2) is 0 Å². The lowest BCUT2D eigenvalue weighted by molar-refractivity contribution is -0.121. The van der Waals surface area contributed by atoms with Gasteiger partial charge in [0, 0.05) is 54.3 Å². The molecule has 2 saturated heterocycles. The molecule has 1 unspecified atom stereocenters. The van der Waals surface area contributed by atoms with E-state index in [0.29, 0.717) is 31.1 Å². The summed E-state index contributed by atoms with van der Waals surface area (Å²) in [6.45, 7) is 0.438. The van der Waals surface area contributed by atoms with Gasteiger partial charge in [-0.1, -0.05) is 12.8 Å². The number of rotatable bonds is 15. The Kier molecular flexibility index (Phi) is 10.8. The van der Waals surface area contributed by atoms with Gasteiger partial charge in [0.2, 0.25) is 5.91 Å². The molecular formula is C19H33N3O5S3. The van der Waals surface area contributed by atoms with Crippen LogP contribution >= 0.6 is 11.8 Å². The first kappa shape index (κ1) is 25.4. The Morgan fingerprint density at radius 1 is 1.17 bits per heavy atom. The van der Waals surface area contributed by atoms with E-state index in [1.54, 1.807) is 0 Å². The van der Waals surface area contributed by atoms with E-state index >= 15 is 0 Å². The Labute approximate surface area is 188 Å². The number of ketones is 1. The number of hydrogen-bond acceptors (Lipinski definition) is 7. The molecule has 2 rings (SSSR count). The van der Waals surface area contributed by atoms with E-state index in [1.807, 2.05) is 11.8 Å². The number of amides is 3. The molecule has 2 heterocycles. The molecule has 0 aliphatic carbocycles. The molecule has 11 heteroatoms. The van der Waals surface area contributed by atoms with Gasteiger partial charge in [0.1, 0.15) is 14.6 Å². The van der Waals surface area contributed by atoms with Gasteiger partial charge in [-0.2, -0.15) is 11.8 Å². The van der Waals surface area contributed by atoms with E-state index in [9.17, 15) is 18.6 Å². The highest BCUT2D eigenvalue weighted by molar-refractivity contribution is 8.29. The fourth-order valence-electron chi connectivity index (χ4n) is 3.69. The number of Topliss-reactive ketones (excluding diaryl/α,β-unsaturated/α-hetero) is 1. The third-order valence-electron chi connectivity index (χ3n) is 5.21. The van der Waals surface area contributed by atoms with Crippen LogP contribution in [0.5, 0.6) is 0 Å². The van der Waals surface area contributed by atoms with Crippen LogP contribution in [0.3, 0.4) is 0 Å². The van der Waals surface area contributed by atoms with E-state index in [2.05, 4.69) is 27.1 Å². The highest BCUT2D eigenvalue weighted by atomic mass is 32.8. The molecule has 30 heavy (non-hydrogen) atoms. The summed E-state index contributed by atoms with van der Waals surface area (Å²) in [5, 5.41) is 9.08. The average Bonchev–Trinajstić information content (AvgIpc) is 3.21. The molecule has 0 aromatic heterocycles. The molecule has 3 amide bonds. The van der Waals surface area contributed by atoms with E-state index in [1.165, 1.54) is 6.26 Å². The molecule has 0 spiro atoms. The minimum absolute atomic E-state index is 0.0583. The largest absolute Gasteiger partial charge is 0.354 e. The molecule has 2 aliphatic heterocycles. The van der Waals surface area contributed by atoms with Crippen molar-refractivity contribution in [2.24, 2.45) is 0 Å². The summed E-state index contributed by atoms with van der Waals surface area (Å²) < 4.78 is 16.1. The molecule has 172 valence electrons. The predicted octanol–water partition coefficient (Wildman–Crippen LogP) is 1.66. The highest BCUT2D eigenvalue weighted by Crippen LogP contribution is 2.33. The fraction of sp³-hybridized carbons (Fsp3) is 0.842. The summed E-state index contributed by atoms with van der Waals surface area (Å²) in [7, 11) is -2.64. The van der Waals surface area contributed by atoms with Crippen molar-refractivity contribution in [1.82, 2.24) is 16.0 Å². The first-order valence-electron chi connectivity index (χ1n) is 10.6. The van der Waals surface area contributed by atoms with E-state index in [4.69, 9.17) is 4.18 Å². The molecule has 8 nitrogen and oxygen atoms in total. The average molecular weight is 480 g/mol. The van der Waals surface area contributed by atoms with E-state index in [-0.39, 0.29) is 36.4 Å². The Balaban J connectivity index is 1.40. The Morgan fingerprint density at radius 2 is 1.87 bits per heavy atom. The van der Waals surface area contributed by atoms with E-state index in [0.717, 1.165) is 44.3 Å². The molecule has 2 fully saturated rings. The van der Waals surface area contributed by atoms with Gasteiger partial charge in [-0.15, -0.1) is 0 Å². The van der Waals surface area contributed by atoms with Crippen molar-refractivity contribution in [2.75, 3.05) is 25.2 Å². The van der Waals surface area contributed by atoms with Gasteiger partial charge in [-0.05, 0) is 25.7 Å². The second kappa shape index (κ2) is 12.8. The number of urea groups is 1. The minimum atomic E-state index is -2.64. The molecule has 4 atom stereocenters. The number of unbranched alkanes of at least 4 members (excludes halogenated alkanes) is 3. The molecule has 2 aliphatic rings. The lowest BCUT2D eigenvalue weighted by atomic mass is 10.0. The summed E-state index contributed by atoms with van der Waals surface area (Å²) in [5.41, 5.74) is 0. The van der Waals surface area contributed by atoms with Crippen LogP contribution in [0.25, 0.3) is 0 Å². The fourth-order valence-corrected chi connectivity index (χ4v) is 5.83. The number of thioether (sulfide) groups is 1. The third-order valence-corrected chi connectivity index (χ3v) is 7.61. The number of carbonyl (C=O) groups excluding carboxylic acids is 3. The van der Waals surface area contributed by atoms with Crippen LogP contribution in [-0.2, 0) is 33.7 Å². The second-order valence-corrected chi connectivity index (χ2v) is 12.6. The van der Waals surface area contributed by atoms with Gasteiger partial charge in [-0.3, -0.25) is 13.8 Å². The van der Waals surface area contributed by atoms with Crippen molar-refractivity contribution >= 4 is 49.4 Å². The van der Waals surface area contributed by atoms with Gasteiger partial charge < -0.3 is 16.0 Å². The second-order valence-electron chi connectivity index (χ2n) is 7.84. The lowest BCUT2D eigenvalue weighted by Gasteiger charge is -2.16. The lowest BCUT2D eigenvalue weighted by Crippen LogP contribution is -2.36. The van der Waals surface area contributed by atoms with Crippen molar-refractivity contribution < 1.29 is 22.8 Å². The first-order valence-corrected chi connectivity index (χ1v) is 14.4. The molecular weight excluding hydrogens is 446 g/mol. The van der Waals surface area contributed by atoms with Gasteiger partial charge in [-0.25, -0.2) is 9.00 Å². The third kappa shape index (κ3) is 9.93. The number of hydrogen-bond donors (Lipinski definition) is 3. The van der Waals surface area contributed by atoms with Crippen molar-refractivity contribution in [3.63, 3.8) is 0 Å². The zero-order chi connectivity index (χ0) is 22.0. The zero-order valence-electron chi connectivity index (χ0n) is 17.5. The molecule has 0 saturated carbocycles. The van der Waals surface area contributed by atoms with Crippen LogP contribution in [0.1, 0.15) is 57.8 Å². The van der Waals surface area contributed by atoms with Gasteiger partial charge in [0.05, 0.1) is 18.7 Å². The van der Waals surface area contributed by atoms with E-state index < -0.39 is 8.77 Å². The minimum Gasteiger partial charge on any atom is -0.354 e. The number of carbonyl (C=O) groups is 3. The van der Waals surface area contributed by atoms with Crippen LogP contribution in [0, 0.1) is 0 Å². The number of nitrogens with one attached hydrogen (secondary N) is 3. The maximum atomic E-state index is 12.0. The molecule has 0 aromatic rings.